The molecule has 662 valence electrons. The first kappa shape index (κ1) is 101. The standard InChI is InChI=1S/C17H16N4O2S2.C15H13N5OS2.C15H12N4O2S2.C14H14IN3O2S.C11H22N2O2.3C4H9.C3H2NS.Sn/c1-3-23-16(22)13-8-19-17(24-2)21-15(13)20-12-6-4-11(5-7-12)14-9-18-10-25-14;1-22-15-18-6-11(13(16)21)14(20-15)19-10-4-2-9(3-5-10)12-7-17-8-23-12;1-22-15-17-6-11(14(20)21)13(19-15)18-10-4-2-9(3-5-10)12-7-16-8-23-12;1-3-20-13(19)11-8-16-14(21-2)18-12(11)17-10-6-4-9(15)5-7-10;1-11(2,3)15-10(14)13-9-7-5-4-6-8(9)12;3*1-3-4-2;1-2-5-3-4-1;/h4-10H,3H2,1-2H3,(H,19,20,21);2-8H,1H3,(H2,16,21)(H,18,19,20);2-8H,1H3,(H,20,21)(H,17,18,19);4-8H,3H2,1-2H3,(H,16,17,18);8-9H,4-7,12H2,1-3H3,(H,13,14);3*1,3-4H2,2H3;1,3H;/t;;;;8-,9+;;;;;/m....1...../s1. The molecule has 38 heteroatoms. The molecule has 125 heavy (non-hydrogen) atoms. The summed E-state index contributed by atoms with van der Waals surface area (Å²) in [7, 11) is 0. The number of ether oxygens (including phenoxy) is 3. The number of amides is 2. The normalized spacial score (nSPS) is 12.7. The van der Waals surface area contributed by atoms with Crippen LogP contribution in [0, 0.1) is 3.57 Å². The minimum Gasteiger partial charge on any atom is -0.477 e. The van der Waals surface area contributed by atoms with Gasteiger partial charge in [0.05, 0.1) is 44.4 Å². The van der Waals surface area contributed by atoms with Crippen molar-refractivity contribution in [2.45, 2.75) is 171 Å². The molecule has 4 aromatic carbocycles. The third-order valence-electron chi connectivity index (χ3n) is 18.5. The molecule has 0 bridgehead atoms. The van der Waals surface area contributed by atoms with Crippen LogP contribution in [-0.4, -0.2) is 169 Å². The second kappa shape index (κ2) is 53.6. The average Bonchev–Trinajstić information content (AvgIpc) is 1.77. The summed E-state index contributed by atoms with van der Waals surface area (Å²) in [4.78, 5) is 112. The molecular formula is C87H106IN19O9S8Sn. The zero-order chi connectivity index (χ0) is 90.1. The Bertz CT molecular complexity index is 5110. The van der Waals surface area contributed by atoms with Crippen LogP contribution in [0.15, 0.2) is 189 Å². The molecule has 1 fully saturated rings. The van der Waals surface area contributed by atoms with Gasteiger partial charge in [-0.05, 0) is 172 Å². The minimum atomic E-state index is -2.08. The van der Waals surface area contributed by atoms with Crippen LogP contribution in [-0.2, 0) is 14.2 Å². The number of carboxylic acids is 1. The number of nitrogens with zero attached hydrogens (tertiary/aromatic N) is 12. The molecule has 8 aromatic heterocycles. The fourth-order valence-corrected chi connectivity index (χ4v) is 35.1. The van der Waals surface area contributed by atoms with Crippen LogP contribution in [0.1, 0.15) is 161 Å². The number of thiazole rings is 4. The van der Waals surface area contributed by atoms with Crippen molar-refractivity contribution >= 4 is 212 Å². The molecule has 0 saturated heterocycles. The second-order valence-electron chi connectivity index (χ2n) is 28.6. The number of unbranched alkanes of at least 4 members (excludes halogenated alkanes) is 3. The molecule has 2 atom stereocenters. The number of rotatable bonds is 32. The molecule has 28 nitrogen and oxygen atoms in total. The fraction of sp³-hybridized carbons (Fsp3) is 0.345. The van der Waals surface area contributed by atoms with Gasteiger partial charge >= 0.3 is 146 Å². The number of hydrogen-bond donors (Lipinski definition) is 8. The summed E-state index contributed by atoms with van der Waals surface area (Å²) < 4.78 is 22.9. The Hall–Kier alpha value is -9.04. The number of primary amides is 1. The van der Waals surface area contributed by atoms with Gasteiger partial charge in [-0.2, -0.15) is 0 Å². The van der Waals surface area contributed by atoms with E-state index in [-0.39, 0.29) is 35.1 Å². The van der Waals surface area contributed by atoms with E-state index in [0.717, 1.165) is 83.3 Å². The number of nitrogens with one attached hydrogen (secondary N) is 5. The van der Waals surface area contributed by atoms with Crippen LogP contribution in [0.3, 0.4) is 0 Å². The molecular weight excluding hydrogens is 1960 g/mol. The summed E-state index contributed by atoms with van der Waals surface area (Å²) in [5.74, 6) is -0.943. The van der Waals surface area contributed by atoms with Crippen molar-refractivity contribution in [1.29, 1.82) is 0 Å². The number of anilines is 8. The van der Waals surface area contributed by atoms with Crippen LogP contribution in [0.5, 0.6) is 0 Å². The van der Waals surface area contributed by atoms with Crippen molar-refractivity contribution in [3.8, 4) is 31.3 Å². The predicted molar refractivity (Wildman–Crippen MR) is 524 cm³/mol. The second-order valence-corrected chi connectivity index (χ2v) is 50.6. The van der Waals surface area contributed by atoms with E-state index in [1.807, 2.05) is 173 Å². The van der Waals surface area contributed by atoms with Crippen LogP contribution in [0.2, 0.25) is 13.3 Å². The van der Waals surface area contributed by atoms with Crippen molar-refractivity contribution in [2.24, 2.45) is 11.5 Å². The summed E-state index contributed by atoms with van der Waals surface area (Å²) >= 11 is 12.4. The number of carboxylic acid groups (broad SMARTS) is 1. The van der Waals surface area contributed by atoms with Gasteiger partial charge in [-0.1, -0.05) is 96.3 Å². The fourth-order valence-electron chi connectivity index (χ4n) is 12.2. The van der Waals surface area contributed by atoms with Gasteiger partial charge in [0.1, 0.15) is 51.1 Å². The largest absolute Gasteiger partial charge is 0.477 e. The monoisotopic (exact) mass is 2060 g/mol. The number of carbonyl (C=O) groups excluding carboxylic acids is 4. The number of aromatic nitrogens is 12. The number of aromatic carboxylic acids is 1. The molecule has 13 rings (SSSR count). The number of nitrogens with two attached hydrogens (primary N) is 2. The molecule has 1 aliphatic carbocycles. The van der Waals surface area contributed by atoms with Crippen LogP contribution in [0.4, 0.5) is 50.8 Å². The molecule has 1 saturated carbocycles. The first-order chi connectivity index (χ1) is 60.3. The predicted octanol–water partition coefficient (Wildman–Crippen LogP) is 21.9. The van der Waals surface area contributed by atoms with Gasteiger partial charge in [0.15, 0.2) is 20.6 Å². The van der Waals surface area contributed by atoms with Gasteiger partial charge < -0.3 is 57.4 Å². The summed E-state index contributed by atoms with van der Waals surface area (Å²) in [5.41, 5.74) is 25.7. The molecule has 8 heterocycles. The third kappa shape index (κ3) is 33.3. The van der Waals surface area contributed by atoms with Crippen LogP contribution in [0.25, 0.3) is 31.3 Å². The molecule has 0 aliphatic heterocycles. The molecule has 12 aromatic rings. The number of alkyl carbamates (subject to hydrolysis) is 1. The number of hydrogen-bond acceptors (Lipinski definition) is 33. The number of benzene rings is 4. The zero-order valence-corrected chi connectivity index (χ0v) is 83.3. The van der Waals surface area contributed by atoms with Gasteiger partial charge in [-0.25, -0.2) is 59.0 Å². The van der Waals surface area contributed by atoms with Gasteiger partial charge in [-0.3, -0.25) is 19.7 Å². The zero-order valence-electron chi connectivity index (χ0n) is 71.8. The van der Waals surface area contributed by atoms with Crippen molar-refractivity contribution in [3.63, 3.8) is 0 Å². The Labute approximate surface area is 781 Å². The molecule has 0 radical (unpaired) electrons. The maximum atomic E-state index is 12.1. The molecule has 2 amide bonds. The number of esters is 2. The van der Waals surface area contributed by atoms with Gasteiger partial charge in [-0.15, -0.1) is 34.0 Å². The topological polar surface area (TPSA) is 400 Å². The maximum absolute atomic E-state index is 12.1. The Morgan fingerprint density at radius 3 is 1.13 bits per heavy atom. The quantitative estimate of drug-likeness (QED) is 0.00485. The first-order valence-electron chi connectivity index (χ1n) is 40.3. The van der Waals surface area contributed by atoms with Gasteiger partial charge in [0, 0.05) is 81.8 Å². The van der Waals surface area contributed by atoms with E-state index < -0.39 is 47.8 Å². The van der Waals surface area contributed by atoms with E-state index in [1.54, 1.807) is 80.6 Å². The van der Waals surface area contributed by atoms with E-state index in [0.29, 0.717) is 62.4 Å². The molecule has 1 aliphatic rings. The minimum absolute atomic E-state index is 0.0364. The van der Waals surface area contributed by atoms with Crippen molar-refractivity contribution in [1.82, 2.24) is 65.1 Å². The summed E-state index contributed by atoms with van der Waals surface area (Å²) in [5, 5.41) is 26.8. The summed E-state index contributed by atoms with van der Waals surface area (Å²) in [6, 6.07) is 31.3. The first-order valence-corrected chi connectivity index (χ1v) is 57.3. The van der Waals surface area contributed by atoms with E-state index in [2.05, 4.69) is 141 Å². The summed E-state index contributed by atoms with van der Waals surface area (Å²) in [6.07, 6.45) is 33.2. The molecule has 0 unspecified atom stereocenters. The molecule has 10 N–H and O–H groups in total. The van der Waals surface area contributed by atoms with E-state index in [4.69, 9.17) is 25.7 Å². The van der Waals surface area contributed by atoms with Crippen LogP contribution < -0.4 is 40.9 Å². The Kier molecular flexibility index (Phi) is 43.4. The number of carbonyl (C=O) groups is 5. The Morgan fingerprint density at radius 2 is 0.816 bits per heavy atom. The smallest absolute Gasteiger partial charge is 0.343 e. The SMILES string of the molecule is CC(C)(C)OC(=O)N[C@H]1CCCC[C@H]1N.CCC[CH2][Sn]([CH2]CCC)([CH2]CCC)[c]1cncs1.CCOC(=O)c1cnc(SC)nc1Nc1ccc(-c2cncs2)cc1.CCOC(=O)c1cnc(SC)nc1Nc1ccc(I)cc1.CSc1ncc(C(=O)O)c(Nc2ccc(-c3cncs3)cc2)n1.CSc1ncc(C(N)=O)c(Nc2ccc(-c3cncs3)cc2)n1. The number of halogens is 1. The van der Waals surface area contributed by atoms with Crippen molar-refractivity contribution in [2.75, 3.05) is 59.5 Å². The molecule has 0 spiro atoms. The van der Waals surface area contributed by atoms with Crippen molar-refractivity contribution in [3.05, 3.63) is 195 Å². The Morgan fingerprint density at radius 1 is 0.480 bits per heavy atom. The third-order valence-corrected chi connectivity index (χ3v) is 43.0. The number of thioether (sulfide) groups is 4. The summed E-state index contributed by atoms with van der Waals surface area (Å²) in [6.45, 7) is 16.7. The van der Waals surface area contributed by atoms with Crippen LogP contribution >= 0.6 is 115 Å². The average molecular weight is 2060 g/mol. The van der Waals surface area contributed by atoms with E-state index in [9.17, 15) is 29.1 Å². The Balaban J connectivity index is 0.000000187. The van der Waals surface area contributed by atoms with Gasteiger partial charge in [0.25, 0.3) is 5.91 Å². The van der Waals surface area contributed by atoms with E-state index >= 15 is 0 Å². The maximum Gasteiger partial charge on any atom is 0.343 e. The van der Waals surface area contributed by atoms with Gasteiger partial charge in [0.2, 0.25) is 0 Å². The van der Waals surface area contributed by atoms with Crippen molar-refractivity contribution < 1.29 is 43.3 Å². The van der Waals surface area contributed by atoms with E-state index in [1.165, 1.54) is 110 Å².